The van der Waals surface area contributed by atoms with Crippen LogP contribution >= 0.6 is 8.15 Å². The van der Waals surface area contributed by atoms with Gasteiger partial charge in [-0.15, -0.1) is 0 Å². The Bertz CT molecular complexity index is 171. The Labute approximate surface area is 130 Å². The number of hydrogen-bond acceptors (Lipinski definition) is 1. The minimum Gasteiger partial charge on any atom is -0.360 e. The van der Waals surface area contributed by atoms with Gasteiger partial charge in [-0.3, -0.25) is 0 Å². The molecule has 0 aromatic carbocycles. The average molecular weight is 302 g/mol. The molecule has 0 aromatic rings. The highest BCUT2D eigenvalue weighted by Crippen LogP contribution is 2.25. The van der Waals surface area contributed by atoms with Crippen molar-refractivity contribution in [1.29, 1.82) is 0 Å². The monoisotopic (exact) mass is 302 g/mol. The van der Waals surface area contributed by atoms with E-state index in [0.717, 1.165) is 6.61 Å². The lowest BCUT2D eigenvalue weighted by atomic mass is 10.0. The topological polar surface area (TPSA) is 9.23 Å². The third kappa shape index (κ3) is 18.4. The maximum atomic E-state index is 5.61. The van der Waals surface area contributed by atoms with Crippen LogP contribution in [-0.2, 0) is 4.52 Å². The molecule has 122 valence electrons. The van der Waals surface area contributed by atoms with Gasteiger partial charge in [-0.25, -0.2) is 0 Å². The van der Waals surface area contributed by atoms with Crippen LogP contribution in [0.3, 0.4) is 0 Å². The maximum Gasteiger partial charge on any atom is 0.0508 e. The van der Waals surface area contributed by atoms with Crippen LogP contribution < -0.4 is 0 Å². The zero-order chi connectivity index (χ0) is 14.9. The summed E-state index contributed by atoms with van der Waals surface area (Å²) in [6, 6.07) is 0. The Balaban J connectivity index is 2.92. The highest BCUT2D eigenvalue weighted by atomic mass is 31.1. The molecule has 0 fully saturated rings. The average Bonchev–Trinajstić information content (AvgIpc) is 2.43. The van der Waals surface area contributed by atoms with Gasteiger partial charge in [0.2, 0.25) is 0 Å². The Hall–Kier alpha value is 0.390. The summed E-state index contributed by atoms with van der Waals surface area (Å²) >= 11 is 0. The number of hydrogen-bond donors (Lipinski definition) is 0. The van der Waals surface area contributed by atoms with Gasteiger partial charge in [0.25, 0.3) is 0 Å². The normalized spacial score (nSPS) is 11.4. The predicted molar refractivity (Wildman–Crippen MR) is 95.0 cm³/mol. The molecule has 0 saturated carbocycles. The molecule has 1 nitrogen and oxygen atoms in total. The van der Waals surface area contributed by atoms with Crippen molar-refractivity contribution >= 4 is 8.15 Å². The van der Waals surface area contributed by atoms with Crippen molar-refractivity contribution in [1.82, 2.24) is 0 Å². The predicted octanol–water partition coefficient (Wildman–Crippen LogP) is 7.14. The fourth-order valence-electron chi connectivity index (χ4n) is 2.54. The molecule has 0 radical (unpaired) electrons. The molecule has 20 heavy (non-hydrogen) atoms. The molecule has 0 aromatic heterocycles. The van der Waals surface area contributed by atoms with Crippen LogP contribution in [0.5, 0.6) is 0 Å². The van der Waals surface area contributed by atoms with Gasteiger partial charge in [-0.2, -0.15) is 0 Å². The van der Waals surface area contributed by atoms with Crippen molar-refractivity contribution < 1.29 is 4.52 Å². The van der Waals surface area contributed by atoms with Crippen molar-refractivity contribution in [3.63, 3.8) is 0 Å². The van der Waals surface area contributed by atoms with Crippen molar-refractivity contribution in [2.24, 2.45) is 0 Å². The van der Waals surface area contributed by atoms with E-state index >= 15 is 0 Å². The highest BCUT2D eigenvalue weighted by molar-refractivity contribution is 7.50. The fourth-order valence-corrected chi connectivity index (χ4v) is 3.04. The van der Waals surface area contributed by atoms with Gasteiger partial charge in [0.05, 0.1) is 6.61 Å². The minimum absolute atomic E-state index is 0.142. The Morgan fingerprint density at radius 2 is 0.900 bits per heavy atom. The van der Waals surface area contributed by atoms with Crippen molar-refractivity contribution in [3.8, 4) is 0 Å². The molecule has 0 aliphatic carbocycles. The van der Waals surface area contributed by atoms with E-state index in [9.17, 15) is 0 Å². The lowest BCUT2D eigenvalue weighted by Crippen LogP contribution is -1.89. The van der Waals surface area contributed by atoms with Gasteiger partial charge in [-0.1, -0.05) is 90.4 Å². The first kappa shape index (κ1) is 20.4. The molecular formula is C18H39OP. The van der Waals surface area contributed by atoms with Gasteiger partial charge in [-0.05, 0) is 19.8 Å². The number of rotatable bonds is 16. The second-order valence-corrected chi connectivity index (χ2v) is 8.12. The van der Waals surface area contributed by atoms with Crippen LogP contribution in [-0.4, -0.2) is 19.9 Å². The van der Waals surface area contributed by atoms with Crippen molar-refractivity contribution in [2.45, 2.75) is 96.8 Å². The smallest absolute Gasteiger partial charge is 0.0508 e. The molecule has 0 N–H and O–H groups in total. The minimum atomic E-state index is -0.142. The largest absolute Gasteiger partial charge is 0.360 e. The van der Waals surface area contributed by atoms with E-state index in [1.165, 1.54) is 89.9 Å². The summed E-state index contributed by atoms with van der Waals surface area (Å²) in [6.45, 7) is 7.63. The molecule has 0 bridgehead atoms. The first-order valence-electron chi connectivity index (χ1n) is 9.07. The summed E-state index contributed by atoms with van der Waals surface area (Å²) in [4.78, 5) is 0. The molecule has 2 heteroatoms. The van der Waals surface area contributed by atoms with Crippen LogP contribution in [0.1, 0.15) is 96.8 Å². The van der Waals surface area contributed by atoms with Gasteiger partial charge in [0.15, 0.2) is 0 Å². The summed E-state index contributed by atoms with van der Waals surface area (Å²) in [5, 5.41) is 0. The second kappa shape index (κ2) is 17.4. The highest BCUT2D eigenvalue weighted by Gasteiger charge is 1.95. The van der Waals surface area contributed by atoms with E-state index in [0.29, 0.717) is 0 Å². The summed E-state index contributed by atoms with van der Waals surface area (Å²) in [5.74, 6) is 0. The molecule has 0 rings (SSSR count). The van der Waals surface area contributed by atoms with Crippen LogP contribution in [0.4, 0.5) is 0 Å². The number of unbranched alkanes of at least 4 members (excludes halogenated alkanes) is 13. The first-order chi connectivity index (χ1) is 9.77. The molecule has 0 heterocycles. The standard InChI is InChI=1S/C18H39OP/c1-4-5-6-7-8-9-10-11-12-13-14-15-16-17-18-19-20(2)3/h4-18H2,1-3H3. The van der Waals surface area contributed by atoms with Crippen LogP contribution in [0, 0.1) is 0 Å². The summed E-state index contributed by atoms with van der Waals surface area (Å²) in [6.07, 6.45) is 20.0. The molecule has 0 atom stereocenters. The summed E-state index contributed by atoms with van der Waals surface area (Å²) < 4.78 is 5.61. The van der Waals surface area contributed by atoms with Crippen LogP contribution in [0.15, 0.2) is 0 Å². The lowest BCUT2D eigenvalue weighted by molar-refractivity contribution is 0.339. The third-order valence-corrected chi connectivity index (χ3v) is 4.55. The third-order valence-electron chi connectivity index (χ3n) is 3.85. The zero-order valence-electron chi connectivity index (χ0n) is 14.5. The second-order valence-electron chi connectivity index (χ2n) is 6.24. The van der Waals surface area contributed by atoms with Crippen molar-refractivity contribution in [3.05, 3.63) is 0 Å². The molecule has 0 saturated heterocycles. The van der Waals surface area contributed by atoms with E-state index in [1.807, 2.05) is 0 Å². The molecular weight excluding hydrogens is 263 g/mol. The zero-order valence-corrected chi connectivity index (χ0v) is 15.4. The van der Waals surface area contributed by atoms with E-state index < -0.39 is 0 Å². The molecule has 0 amide bonds. The van der Waals surface area contributed by atoms with E-state index in [-0.39, 0.29) is 8.15 Å². The molecule has 0 unspecified atom stereocenters. The van der Waals surface area contributed by atoms with Crippen LogP contribution in [0.25, 0.3) is 0 Å². The van der Waals surface area contributed by atoms with Gasteiger partial charge in [0, 0.05) is 8.15 Å². The Morgan fingerprint density at radius 1 is 0.550 bits per heavy atom. The Kier molecular flexibility index (Phi) is 17.8. The van der Waals surface area contributed by atoms with Gasteiger partial charge in [0.1, 0.15) is 0 Å². The lowest BCUT2D eigenvalue weighted by Gasteiger charge is -2.06. The summed E-state index contributed by atoms with van der Waals surface area (Å²) in [7, 11) is -0.142. The van der Waals surface area contributed by atoms with E-state index in [2.05, 4.69) is 20.3 Å². The molecule has 0 aliphatic rings. The van der Waals surface area contributed by atoms with Crippen LogP contribution in [0.2, 0.25) is 0 Å². The van der Waals surface area contributed by atoms with E-state index in [1.54, 1.807) is 0 Å². The molecule has 0 aliphatic heterocycles. The van der Waals surface area contributed by atoms with Crippen molar-refractivity contribution in [2.75, 3.05) is 19.9 Å². The SMILES string of the molecule is CCCCCCCCCCCCCCCCOP(C)C. The maximum absolute atomic E-state index is 5.61. The summed E-state index contributed by atoms with van der Waals surface area (Å²) in [5.41, 5.74) is 0. The van der Waals surface area contributed by atoms with Gasteiger partial charge < -0.3 is 4.52 Å². The van der Waals surface area contributed by atoms with E-state index in [4.69, 9.17) is 4.52 Å². The van der Waals surface area contributed by atoms with Gasteiger partial charge >= 0.3 is 0 Å². The quantitative estimate of drug-likeness (QED) is 0.217. The molecule has 0 spiro atoms. The fraction of sp³-hybridized carbons (Fsp3) is 1.00. The Morgan fingerprint density at radius 3 is 1.25 bits per heavy atom. The first-order valence-corrected chi connectivity index (χ1v) is 11.2.